The van der Waals surface area contributed by atoms with Gasteiger partial charge < -0.3 is 9.84 Å². The third-order valence-electron chi connectivity index (χ3n) is 7.16. The van der Waals surface area contributed by atoms with Gasteiger partial charge in [-0.2, -0.15) is 0 Å². The SMILES string of the molecule is CCC12O[C@@H](c3ccnc4ccc(O)cc34)C3CC14C2CCN34. The average molecular weight is 308 g/mol. The fourth-order valence-corrected chi connectivity index (χ4v) is 6.30. The maximum atomic E-state index is 9.91. The topological polar surface area (TPSA) is 45.6 Å². The lowest BCUT2D eigenvalue weighted by atomic mass is 9.78. The van der Waals surface area contributed by atoms with Gasteiger partial charge in [-0.25, -0.2) is 0 Å². The Morgan fingerprint density at radius 3 is 3.17 bits per heavy atom. The molecule has 4 saturated heterocycles. The maximum Gasteiger partial charge on any atom is 0.116 e. The molecule has 1 saturated carbocycles. The largest absolute Gasteiger partial charge is 0.508 e. The van der Waals surface area contributed by atoms with Crippen molar-refractivity contribution in [1.82, 2.24) is 9.88 Å². The first kappa shape index (κ1) is 12.7. The van der Waals surface area contributed by atoms with Gasteiger partial charge in [-0.05, 0) is 55.6 Å². The van der Waals surface area contributed by atoms with Crippen LogP contribution in [0.5, 0.6) is 5.75 Å². The first-order valence-corrected chi connectivity index (χ1v) is 8.73. The number of morpholine rings is 1. The molecular weight excluding hydrogens is 288 g/mol. The maximum absolute atomic E-state index is 9.91. The molecule has 0 amide bonds. The number of piperidine rings is 1. The van der Waals surface area contributed by atoms with Crippen LogP contribution in [-0.4, -0.2) is 38.7 Å². The number of benzene rings is 1. The van der Waals surface area contributed by atoms with Crippen molar-refractivity contribution in [3.05, 3.63) is 36.0 Å². The zero-order valence-electron chi connectivity index (χ0n) is 13.2. The van der Waals surface area contributed by atoms with E-state index in [9.17, 15) is 5.11 Å². The number of hydrogen-bond donors (Lipinski definition) is 1. The van der Waals surface area contributed by atoms with Crippen LogP contribution in [-0.2, 0) is 4.74 Å². The number of rotatable bonds is 2. The van der Waals surface area contributed by atoms with Crippen LogP contribution in [0.3, 0.4) is 0 Å². The van der Waals surface area contributed by atoms with Crippen molar-refractivity contribution in [2.75, 3.05) is 6.54 Å². The van der Waals surface area contributed by atoms with Crippen molar-refractivity contribution < 1.29 is 9.84 Å². The third-order valence-corrected chi connectivity index (χ3v) is 7.16. The lowest BCUT2D eigenvalue weighted by molar-refractivity contribution is -0.220. The summed E-state index contributed by atoms with van der Waals surface area (Å²) in [6, 6.07) is 8.00. The van der Waals surface area contributed by atoms with E-state index in [4.69, 9.17) is 4.74 Å². The molecule has 5 aliphatic rings. The second kappa shape index (κ2) is 3.70. The van der Waals surface area contributed by atoms with Crippen molar-refractivity contribution in [3.63, 3.8) is 0 Å². The highest BCUT2D eigenvalue weighted by Crippen LogP contribution is 2.80. The summed E-state index contributed by atoms with van der Waals surface area (Å²) >= 11 is 0. The lowest BCUT2D eigenvalue weighted by Crippen LogP contribution is -2.67. The van der Waals surface area contributed by atoms with Crippen molar-refractivity contribution in [1.29, 1.82) is 0 Å². The standard InChI is InChI=1S/C19H20N2O2/c1-2-19-16-6-8-21-15(10-18(16,19)21)17(23-19)12-5-7-20-14-4-3-11(22)9-13(12)14/h3-5,7,9,15-17,22H,2,6,8,10H2,1H3/t15?,16?,17-,18?,19?/m0/s1. The Balaban J connectivity index is 1.51. The molecule has 4 aliphatic heterocycles. The van der Waals surface area contributed by atoms with Gasteiger partial charge in [-0.1, -0.05) is 6.92 Å². The van der Waals surface area contributed by atoms with E-state index < -0.39 is 0 Å². The van der Waals surface area contributed by atoms with Crippen molar-refractivity contribution in [2.24, 2.45) is 5.92 Å². The summed E-state index contributed by atoms with van der Waals surface area (Å²) in [4.78, 5) is 7.18. The average Bonchev–Trinajstić information content (AvgIpc) is 3.07. The smallest absolute Gasteiger partial charge is 0.116 e. The number of fused-ring (bicyclic) bond motifs is 2. The van der Waals surface area contributed by atoms with E-state index in [0.29, 0.717) is 17.3 Å². The molecule has 23 heavy (non-hydrogen) atoms. The fraction of sp³-hybridized carbons (Fsp3) is 0.526. The van der Waals surface area contributed by atoms with Crippen LogP contribution >= 0.6 is 0 Å². The molecular formula is C19H20N2O2. The van der Waals surface area contributed by atoms with E-state index in [1.165, 1.54) is 24.9 Å². The lowest BCUT2D eigenvalue weighted by Gasteiger charge is -2.58. The number of phenolic OH excluding ortho intramolecular Hbond substituents is 1. The molecule has 118 valence electrons. The second-order valence-corrected chi connectivity index (χ2v) is 7.61. The van der Waals surface area contributed by atoms with Crippen LogP contribution in [0.2, 0.25) is 0 Å². The van der Waals surface area contributed by atoms with Crippen LogP contribution in [0.25, 0.3) is 10.9 Å². The summed E-state index contributed by atoms with van der Waals surface area (Å²) in [6.07, 6.45) is 5.66. The molecule has 1 N–H and O–H groups in total. The Labute approximate surface area is 135 Å². The summed E-state index contributed by atoms with van der Waals surface area (Å²) in [5, 5.41) is 10.9. The molecule has 1 spiro atoms. The Morgan fingerprint density at radius 1 is 1.39 bits per heavy atom. The van der Waals surface area contributed by atoms with Gasteiger partial charge in [-0.15, -0.1) is 0 Å². The first-order chi connectivity index (χ1) is 11.2. The molecule has 1 aliphatic carbocycles. The highest BCUT2D eigenvalue weighted by molar-refractivity contribution is 5.84. The van der Waals surface area contributed by atoms with Crippen molar-refractivity contribution >= 4 is 10.9 Å². The van der Waals surface area contributed by atoms with E-state index in [-0.39, 0.29) is 11.7 Å². The van der Waals surface area contributed by atoms with Gasteiger partial charge in [0.15, 0.2) is 0 Å². The highest BCUT2D eigenvalue weighted by atomic mass is 16.5. The molecule has 5 atom stereocenters. The molecule has 1 aromatic carbocycles. The Hall–Kier alpha value is -1.65. The number of aromatic hydroxyl groups is 1. The predicted octanol–water partition coefficient (Wildman–Crippen LogP) is 3.01. The Bertz CT molecular complexity index is 852. The molecule has 0 radical (unpaired) electrons. The molecule has 4 heteroatoms. The van der Waals surface area contributed by atoms with Gasteiger partial charge in [-0.3, -0.25) is 9.88 Å². The van der Waals surface area contributed by atoms with E-state index in [1.807, 2.05) is 18.3 Å². The minimum absolute atomic E-state index is 0.0804. The normalized spacial score (nSPS) is 43.3. The van der Waals surface area contributed by atoms with Crippen molar-refractivity contribution in [3.8, 4) is 5.75 Å². The minimum atomic E-state index is 0.0804. The number of aromatic nitrogens is 1. The van der Waals surface area contributed by atoms with E-state index >= 15 is 0 Å². The van der Waals surface area contributed by atoms with Gasteiger partial charge in [0, 0.05) is 23.5 Å². The molecule has 7 rings (SSSR count). The van der Waals surface area contributed by atoms with Crippen molar-refractivity contribution in [2.45, 2.75) is 49.5 Å². The zero-order valence-corrected chi connectivity index (χ0v) is 13.2. The first-order valence-electron chi connectivity index (χ1n) is 8.73. The highest BCUT2D eigenvalue weighted by Gasteiger charge is 2.90. The summed E-state index contributed by atoms with van der Waals surface area (Å²) in [5.74, 6) is 1.03. The monoisotopic (exact) mass is 308 g/mol. The molecule has 4 unspecified atom stereocenters. The summed E-state index contributed by atoms with van der Waals surface area (Å²) in [6.45, 7) is 3.50. The van der Waals surface area contributed by atoms with Gasteiger partial charge in [0.25, 0.3) is 0 Å². The van der Waals surface area contributed by atoms with Gasteiger partial charge >= 0.3 is 0 Å². The van der Waals surface area contributed by atoms with Crippen LogP contribution in [0.4, 0.5) is 0 Å². The Kier molecular flexibility index (Phi) is 2.05. The van der Waals surface area contributed by atoms with Gasteiger partial charge in [0.1, 0.15) is 5.75 Å². The molecule has 1 aromatic heterocycles. The Morgan fingerprint density at radius 2 is 2.30 bits per heavy atom. The number of phenols is 1. The predicted molar refractivity (Wildman–Crippen MR) is 86.2 cm³/mol. The fourth-order valence-electron chi connectivity index (χ4n) is 6.30. The number of hydrogen-bond acceptors (Lipinski definition) is 4. The number of pyridine rings is 1. The molecule has 5 fully saturated rings. The number of ether oxygens (including phenoxy) is 1. The van der Waals surface area contributed by atoms with E-state index in [0.717, 1.165) is 23.2 Å². The van der Waals surface area contributed by atoms with Crippen LogP contribution in [0.1, 0.15) is 37.9 Å². The summed E-state index contributed by atoms with van der Waals surface area (Å²) in [5.41, 5.74) is 2.58. The quantitative estimate of drug-likeness (QED) is 0.926. The number of nitrogens with zero attached hydrogens (tertiary/aromatic N) is 2. The van der Waals surface area contributed by atoms with Crippen LogP contribution in [0, 0.1) is 5.92 Å². The summed E-state index contributed by atoms with van der Waals surface area (Å²) in [7, 11) is 0. The van der Waals surface area contributed by atoms with Gasteiger partial charge in [0.05, 0.1) is 22.8 Å². The van der Waals surface area contributed by atoms with E-state index in [2.05, 4.69) is 22.9 Å². The summed E-state index contributed by atoms with van der Waals surface area (Å²) < 4.78 is 6.77. The third kappa shape index (κ3) is 1.18. The second-order valence-electron chi connectivity index (χ2n) is 7.61. The van der Waals surface area contributed by atoms with Crippen LogP contribution in [0.15, 0.2) is 30.5 Å². The van der Waals surface area contributed by atoms with E-state index in [1.54, 1.807) is 6.07 Å². The minimum Gasteiger partial charge on any atom is -0.508 e. The molecule has 2 aromatic rings. The molecule has 2 bridgehead atoms. The van der Waals surface area contributed by atoms with Gasteiger partial charge in [0.2, 0.25) is 0 Å². The molecule has 4 nitrogen and oxygen atoms in total. The zero-order chi connectivity index (χ0) is 15.4. The molecule has 5 heterocycles. The van der Waals surface area contributed by atoms with Crippen LogP contribution < -0.4 is 0 Å².